The first-order valence-corrected chi connectivity index (χ1v) is 14.4. The van der Waals surface area contributed by atoms with Crippen LogP contribution in [-0.2, 0) is 0 Å². The Bertz CT molecular complexity index is 1660. The Morgan fingerprint density at radius 2 is 0.775 bits per heavy atom. The smallest absolute Gasteiger partial charge is 0.119 e. The van der Waals surface area contributed by atoms with Crippen molar-refractivity contribution in [2.45, 2.75) is 0 Å². The van der Waals surface area contributed by atoms with Crippen LogP contribution in [0, 0.1) is 0 Å². The molecule has 0 radical (unpaired) electrons. The van der Waals surface area contributed by atoms with E-state index >= 15 is 0 Å². The molecule has 6 aromatic carbocycles. The summed E-state index contributed by atoms with van der Waals surface area (Å²) in [6.45, 7) is 0.998. The highest BCUT2D eigenvalue weighted by atomic mass is 35.5. The Morgan fingerprint density at radius 3 is 1.20 bits per heavy atom. The van der Waals surface area contributed by atoms with Gasteiger partial charge in [0.15, 0.2) is 0 Å². The highest BCUT2D eigenvalue weighted by Crippen LogP contribution is 2.39. The largest absolute Gasteiger partial charge is 0.492 e. The first kappa shape index (κ1) is 26.3. The molecule has 6 aromatic rings. The van der Waals surface area contributed by atoms with Gasteiger partial charge in [0.25, 0.3) is 0 Å². The standard InChI is InChI=1S/C36H28Cl2O2/c37-17-19-39-31-15-13-25-21-29(11-9-27(25)23-31)33-5-1-3-7-35(33)36-8-4-2-6-34(36)30-12-10-28-24-32(40-20-18-38)16-14-26(28)22-30/h1-16,21-24H,17-20H2. The molecular weight excluding hydrogens is 535 g/mol. The molecule has 0 amide bonds. The van der Waals surface area contributed by atoms with Crippen molar-refractivity contribution < 1.29 is 9.47 Å². The van der Waals surface area contributed by atoms with E-state index < -0.39 is 0 Å². The van der Waals surface area contributed by atoms with Gasteiger partial charge in [-0.3, -0.25) is 0 Å². The van der Waals surface area contributed by atoms with Crippen molar-refractivity contribution in [2.75, 3.05) is 25.0 Å². The van der Waals surface area contributed by atoms with E-state index in [1.54, 1.807) is 0 Å². The molecule has 0 fully saturated rings. The molecular formula is C36H28Cl2O2. The lowest BCUT2D eigenvalue weighted by Gasteiger charge is -2.16. The molecule has 0 atom stereocenters. The number of fused-ring (bicyclic) bond motifs is 2. The van der Waals surface area contributed by atoms with Crippen LogP contribution in [0.4, 0.5) is 0 Å². The molecule has 198 valence electrons. The molecule has 0 unspecified atom stereocenters. The molecule has 0 aliphatic rings. The van der Waals surface area contributed by atoms with E-state index in [-0.39, 0.29) is 0 Å². The molecule has 4 heteroatoms. The second-order valence-corrected chi connectivity index (χ2v) is 10.4. The van der Waals surface area contributed by atoms with Crippen molar-refractivity contribution in [3.8, 4) is 44.9 Å². The van der Waals surface area contributed by atoms with Crippen LogP contribution >= 0.6 is 23.2 Å². The van der Waals surface area contributed by atoms with E-state index in [9.17, 15) is 0 Å². The topological polar surface area (TPSA) is 18.5 Å². The van der Waals surface area contributed by atoms with Gasteiger partial charge in [-0.2, -0.15) is 0 Å². The number of ether oxygens (including phenoxy) is 2. The first-order chi connectivity index (χ1) is 19.7. The van der Waals surface area contributed by atoms with E-state index in [4.69, 9.17) is 32.7 Å². The zero-order valence-electron chi connectivity index (χ0n) is 21.9. The Kier molecular flexibility index (Phi) is 7.90. The van der Waals surface area contributed by atoms with Gasteiger partial charge in [-0.1, -0.05) is 84.9 Å². The monoisotopic (exact) mass is 562 g/mol. The minimum atomic E-state index is 0.472. The van der Waals surface area contributed by atoms with Gasteiger partial charge in [0.05, 0.1) is 11.8 Å². The lowest BCUT2D eigenvalue weighted by atomic mass is 9.88. The second-order valence-electron chi connectivity index (χ2n) is 9.61. The molecule has 0 aliphatic heterocycles. The van der Waals surface area contributed by atoms with Crippen molar-refractivity contribution in [2.24, 2.45) is 0 Å². The molecule has 2 nitrogen and oxygen atoms in total. The normalized spacial score (nSPS) is 11.2. The van der Waals surface area contributed by atoms with Crippen LogP contribution in [0.25, 0.3) is 54.9 Å². The summed E-state index contributed by atoms with van der Waals surface area (Å²) in [5.74, 6) is 2.62. The van der Waals surface area contributed by atoms with E-state index in [1.807, 2.05) is 12.1 Å². The maximum Gasteiger partial charge on any atom is 0.119 e. The number of halogens is 2. The zero-order chi connectivity index (χ0) is 27.3. The van der Waals surface area contributed by atoms with Gasteiger partial charge in [0, 0.05) is 0 Å². The van der Waals surface area contributed by atoms with Crippen molar-refractivity contribution in [1.29, 1.82) is 0 Å². The summed E-state index contributed by atoms with van der Waals surface area (Å²) >= 11 is 11.6. The van der Waals surface area contributed by atoms with Gasteiger partial charge in [-0.05, 0) is 91.3 Å². The van der Waals surface area contributed by atoms with Crippen LogP contribution in [0.5, 0.6) is 11.5 Å². The van der Waals surface area contributed by atoms with Crippen molar-refractivity contribution in [1.82, 2.24) is 0 Å². The zero-order valence-corrected chi connectivity index (χ0v) is 23.5. The van der Waals surface area contributed by atoms with Gasteiger partial charge < -0.3 is 9.47 Å². The Morgan fingerprint density at radius 1 is 0.400 bits per heavy atom. The molecule has 0 N–H and O–H groups in total. The third-order valence-electron chi connectivity index (χ3n) is 7.08. The Labute approximate surface area is 244 Å². The van der Waals surface area contributed by atoms with Gasteiger partial charge >= 0.3 is 0 Å². The minimum Gasteiger partial charge on any atom is -0.492 e. The number of hydrogen-bond donors (Lipinski definition) is 0. The average molecular weight is 564 g/mol. The number of hydrogen-bond acceptors (Lipinski definition) is 2. The minimum absolute atomic E-state index is 0.472. The predicted octanol–water partition coefficient (Wildman–Crippen LogP) is 10.2. The van der Waals surface area contributed by atoms with Crippen molar-refractivity contribution >= 4 is 44.7 Å². The Balaban J connectivity index is 1.39. The lowest BCUT2D eigenvalue weighted by Crippen LogP contribution is -1.97. The highest BCUT2D eigenvalue weighted by Gasteiger charge is 2.13. The van der Waals surface area contributed by atoms with E-state index in [1.165, 1.54) is 44.2 Å². The summed E-state index contributed by atoms with van der Waals surface area (Å²) in [6, 6.07) is 42.8. The molecule has 0 aromatic heterocycles. The van der Waals surface area contributed by atoms with Crippen LogP contribution in [0.2, 0.25) is 0 Å². The number of alkyl halides is 2. The average Bonchev–Trinajstić information content (AvgIpc) is 3.02. The second kappa shape index (κ2) is 12.0. The molecule has 0 saturated carbocycles. The van der Waals surface area contributed by atoms with Gasteiger partial charge in [-0.25, -0.2) is 0 Å². The quantitative estimate of drug-likeness (QED) is 0.163. The first-order valence-electron chi connectivity index (χ1n) is 13.4. The van der Waals surface area contributed by atoms with Crippen LogP contribution in [-0.4, -0.2) is 25.0 Å². The summed E-state index contributed by atoms with van der Waals surface area (Å²) in [5, 5.41) is 4.62. The van der Waals surface area contributed by atoms with Crippen molar-refractivity contribution in [3.05, 3.63) is 121 Å². The number of benzene rings is 6. The predicted molar refractivity (Wildman–Crippen MR) is 170 cm³/mol. The summed E-state index contributed by atoms with van der Waals surface area (Å²) in [5.41, 5.74) is 7.14. The lowest BCUT2D eigenvalue weighted by molar-refractivity contribution is 0.343. The molecule has 0 bridgehead atoms. The van der Waals surface area contributed by atoms with E-state index in [0.717, 1.165) is 22.3 Å². The molecule has 0 aliphatic carbocycles. The fraction of sp³-hybridized carbons (Fsp3) is 0.111. The maximum atomic E-state index is 5.79. The highest BCUT2D eigenvalue weighted by molar-refractivity contribution is 6.18. The van der Waals surface area contributed by atoms with E-state index in [0.29, 0.717) is 25.0 Å². The van der Waals surface area contributed by atoms with Crippen LogP contribution in [0.1, 0.15) is 0 Å². The SMILES string of the molecule is ClCCOc1ccc2cc(-c3ccccc3-c3ccccc3-c3ccc4cc(OCCCl)ccc4c3)ccc2c1. The fourth-order valence-corrected chi connectivity index (χ4v) is 5.37. The van der Waals surface area contributed by atoms with Gasteiger partial charge in [0.1, 0.15) is 24.7 Å². The van der Waals surface area contributed by atoms with Crippen LogP contribution in [0.15, 0.2) is 121 Å². The summed E-state index contributed by atoms with van der Waals surface area (Å²) < 4.78 is 11.4. The molecule has 40 heavy (non-hydrogen) atoms. The number of rotatable bonds is 9. The maximum absolute atomic E-state index is 5.79. The summed E-state index contributed by atoms with van der Waals surface area (Å²) in [7, 11) is 0. The molecule has 0 heterocycles. The van der Waals surface area contributed by atoms with E-state index in [2.05, 4.69) is 109 Å². The third kappa shape index (κ3) is 5.51. The van der Waals surface area contributed by atoms with Crippen molar-refractivity contribution in [3.63, 3.8) is 0 Å². The van der Waals surface area contributed by atoms with Gasteiger partial charge in [0.2, 0.25) is 0 Å². The molecule has 0 spiro atoms. The summed E-state index contributed by atoms with van der Waals surface area (Å²) in [4.78, 5) is 0. The summed E-state index contributed by atoms with van der Waals surface area (Å²) in [6.07, 6.45) is 0. The van der Waals surface area contributed by atoms with Crippen LogP contribution < -0.4 is 9.47 Å². The van der Waals surface area contributed by atoms with Gasteiger partial charge in [-0.15, -0.1) is 23.2 Å². The van der Waals surface area contributed by atoms with Crippen LogP contribution in [0.3, 0.4) is 0 Å². The molecule has 0 saturated heterocycles. The molecule has 6 rings (SSSR count). The Hall–Kier alpha value is -3.98. The fourth-order valence-electron chi connectivity index (χ4n) is 5.21. The third-order valence-corrected chi connectivity index (χ3v) is 7.39.